The topological polar surface area (TPSA) is 66.5 Å². The Labute approximate surface area is 206 Å². The second-order valence-corrected chi connectivity index (χ2v) is 10.6. The van der Waals surface area contributed by atoms with Crippen molar-refractivity contribution in [1.29, 1.82) is 0 Å². The Bertz CT molecular complexity index is 1010. The van der Waals surface area contributed by atoms with Gasteiger partial charge in [0.05, 0.1) is 13.2 Å². The highest BCUT2D eigenvalue weighted by Gasteiger charge is 2.44. The number of piperidine rings is 1. The maximum absolute atomic E-state index is 13.7. The van der Waals surface area contributed by atoms with Gasteiger partial charge in [0.15, 0.2) is 6.26 Å². The largest absolute Gasteiger partial charge is 0.459 e. The summed E-state index contributed by atoms with van der Waals surface area (Å²) in [4.78, 5) is 0. The molecule has 0 aliphatic carbocycles. The van der Waals surface area contributed by atoms with Crippen molar-refractivity contribution < 1.29 is 32.2 Å². The molecule has 1 fully saturated rings. The molecule has 0 bridgehead atoms. The maximum Gasteiger partial charge on any atom is 0.408 e. The summed E-state index contributed by atoms with van der Waals surface area (Å²) in [6.07, 6.45) is 2.42. The number of hydrogen-bond donors (Lipinski definition) is 0. The second kappa shape index (κ2) is 12.0. The van der Waals surface area contributed by atoms with Gasteiger partial charge in [0.1, 0.15) is 11.9 Å². The molecule has 2 aromatic rings. The van der Waals surface area contributed by atoms with Gasteiger partial charge in [-0.15, -0.1) is 0 Å². The molecule has 3 atom stereocenters. The van der Waals surface area contributed by atoms with E-state index in [0.717, 1.165) is 11.1 Å². The van der Waals surface area contributed by atoms with E-state index in [2.05, 4.69) is 12.1 Å². The molecule has 2 heterocycles. The predicted octanol–water partition coefficient (Wildman–Crippen LogP) is 5.84. The summed E-state index contributed by atoms with van der Waals surface area (Å²) >= 11 is 0. The summed E-state index contributed by atoms with van der Waals surface area (Å²) in [6, 6.07) is 16.7. The third kappa shape index (κ3) is 6.44. The van der Waals surface area contributed by atoms with Gasteiger partial charge in [0, 0.05) is 25.4 Å². The summed E-state index contributed by atoms with van der Waals surface area (Å²) < 4.78 is 57.6. The minimum Gasteiger partial charge on any atom is -0.459 e. The molecular weight excluding hydrogens is 472 g/mol. The maximum atomic E-state index is 13.7. The van der Waals surface area contributed by atoms with Crippen molar-refractivity contribution in [2.75, 3.05) is 33.1 Å². The molecule has 2 aromatic carbocycles. The Kier molecular flexibility index (Phi) is 8.84. The highest BCUT2D eigenvalue weighted by molar-refractivity contribution is 7.51. The lowest BCUT2D eigenvalue weighted by Crippen LogP contribution is -2.45. The van der Waals surface area contributed by atoms with Gasteiger partial charge in [-0.1, -0.05) is 42.5 Å². The summed E-state index contributed by atoms with van der Waals surface area (Å²) in [5.41, 5.74) is 2.11. The Hall–Kier alpha value is -2.38. The van der Waals surface area contributed by atoms with Crippen LogP contribution in [0, 0.1) is 11.7 Å². The van der Waals surface area contributed by atoms with Gasteiger partial charge >= 0.3 is 13.7 Å². The fourth-order valence-corrected chi connectivity index (χ4v) is 6.58. The second-order valence-electron chi connectivity index (χ2n) is 8.54. The number of benzene rings is 2. The van der Waals surface area contributed by atoms with Crippen molar-refractivity contribution in [2.24, 2.45) is 5.92 Å². The minimum atomic E-state index is -3.47. The molecule has 3 unspecified atom stereocenters. The van der Waals surface area contributed by atoms with Gasteiger partial charge in [-0.05, 0) is 49.4 Å². The van der Waals surface area contributed by atoms with Crippen LogP contribution in [-0.2, 0) is 34.2 Å². The van der Waals surface area contributed by atoms with Gasteiger partial charge < -0.3 is 14.2 Å². The Morgan fingerprint density at radius 3 is 2.43 bits per heavy atom. The van der Waals surface area contributed by atoms with E-state index in [1.165, 1.54) is 18.4 Å². The van der Waals surface area contributed by atoms with Gasteiger partial charge in [-0.25, -0.2) is 13.6 Å². The molecule has 7 nitrogen and oxygen atoms in total. The first-order valence-electron chi connectivity index (χ1n) is 12.1. The highest BCUT2D eigenvalue weighted by Crippen LogP contribution is 2.55. The molecule has 2 aliphatic rings. The van der Waals surface area contributed by atoms with E-state index in [1.54, 1.807) is 13.8 Å². The van der Waals surface area contributed by atoms with E-state index in [1.807, 2.05) is 35.0 Å². The van der Waals surface area contributed by atoms with Crippen LogP contribution in [0.3, 0.4) is 0 Å². The third-order valence-corrected chi connectivity index (χ3v) is 8.56. The minimum absolute atomic E-state index is 0.0418. The smallest absolute Gasteiger partial charge is 0.408 e. The number of nitrogens with zero attached hydrogens (tertiary/aromatic N) is 1. The zero-order valence-electron chi connectivity index (χ0n) is 20.2. The van der Waals surface area contributed by atoms with Crippen molar-refractivity contribution in [2.45, 2.75) is 38.7 Å². The standard InChI is InChI=1S/C26H33FNO6P/c1-3-32-35(29,33-4-2)28-15-14-23(21-10-12-22(27)13-11-21)24(17-28)25(34-26-18-30-19-31-26)16-20-8-6-5-7-9-20/h5-13,18,23-25H,3-4,14-17,19H2,1-2H3. The van der Waals surface area contributed by atoms with Gasteiger partial charge in [-0.3, -0.25) is 9.05 Å². The van der Waals surface area contributed by atoms with Crippen LogP contribution < -0.4 is 0 Å². The van der Waals surface area contributed by atoms with Crippen molar-refractivity contribution in [3.05, 3.63) is 83.7 Å². The number of halogens is 1. The quantitative estimate of drug-likeness (QED) is 0.355. The molecule has 0 saturated carbocycles. The van der Waals surface area contributed by atoms with Crippen LogP contribution in [0.1, 0.15) is 37.3 Å². The van der Waals surface area contributed by atoms with E-state index < -0.39 is 7.75 Å². The fraction of sp³-hybridized carbons (Fsp3) is 0.462. The van der Waals surface area contributed by atoms with Crippen LogP contribution >= 0.6 is 7.75 Å². The molecular formula is C26H33FNO6P. The Morgan fingerprint density at radius 2 is 1.80 bits per heavy atom. The molecule has 0 aromatic heterocycles. The van der Waals surface area contributed by atoms with E-state index >= 15 is 0 Å². The molecule has 0 N–H and O–H groups in total. The highest BCUT2D eigenvalue weighted by atomic mass is 31.2. The Morgan fingerprint density at radius 1 is 1.09 bits per heavy atom. The number of rotatable bonds is 11. The summed E-state index contributed by atoms with van der Waals surface area (Å²) in [5.74, 6) is -0.0358. The van der Waals surface area contributed by atoms with Crippen LogP contribution in [-0.4, -0.2) is 43.9 Å². The lowest BCUT2D eigenvalue weighted by molar-refractivity contribution is -0.0521. The lowest BCUT2D eigenvalue weighted by atomic mass is 9.76. The fourth-order valence-electron chi connectivity index (χ4n) is 4.78. The van der Waals surface area contributed by atoms with Crippen LogP contribution in [0.4, 0.5) is 4.39 Å². The SMILES string of the molecule is CCOP(=O)(OCC)N1CCC(c2ccc(F)cc2)C(C(Cc2ccccc2)OC2=COCO2)C1. The first-order chi connectivity index (χ1) is 17.0. The first-order valence-corrected chi connectivity index (χ1v) is 13.6. The van der Waals surface area contributed by atoms with E-state index in [-0.39, 0.29) is 43.8 Å². The summed E-state index contributed by atoms with van der Waals surface area (Å²) in [5, 5.41) is 0. The van der Waals surface area contributed by atoms with E-state index in [0.29, 0.717) is 31.9 Å². The van der Waals surface area contributed by atoms with E-state index in [9.17, 15) is 8.96 Å². The Balaban J connectivity index is 1.69. The van der Waals surface area contributed by atoms with Crippen LogP contribution in [0.5, 0.6) is 0 Å². The molecule has 9 heteroatoms. The zero-order chi connectivity index (χ0) is 24.7. The summed E-state index contributed by atoms with van der Waals surface area (Å²) in [7, 11) is -3.47. The van der Waals surface area contributed by atoms with Crippen LogP contribution in [0.2, 0.25) is 0 Å². The molecule has 35 heavy (non-hydrogen) atoms. The van der Waals surface area contributed by atoms with Gasteiger partial charge in [0.25, 0.3) is 0 Å². The molecule has 2 aliphatic heterocycles. The van der Waals surface area contributed by atoms with Crippen molar-refractivity contribution in [3.8, 4) is 0 Å². The molecule has 0 amide bonds. The zero-order valence-corrected chi connectivity index (χ0v) is 21.1. The average Bonchev–Trinajstić information content (AvgIpc) is 3.38. The van der Waals surface area contributed by atoms with Crippen molar-refractivity contribution in [3.63, 3.8) is 0 Å². The van der Waals surface area contributed by atoms with Crippen LogP contribution in [0.25, 0.3) is 0 Å². The number of ether oxygens (including phenoxy) is 3. The molecule has 190 valence electrons. The molecule has 1 saturated heterocycles. The average molecular weight is 506 g/mol. The van der Waals surface area contributed by atoms with Crippen molar-refractivity contribution >= 4 is 7.75 Å². The van der Waals surface area contributed by atoms with Crippen LogP contribution in [0.15, 0.2) is 66.8 Å². The monoisotopic (exact) mass is 505 g/mol. The van der Waals surface area contributed by atoms with Gasteiger partial charge in [-0.2, -0.15) is 0 Å². The summed E-state index contributed by atoms with van der Waals surface area (Å²) in [6.45, 7) is 5.22. The van der Waals surface area contributed by atoms with E-state index in [4.69, 9.17) is 23.3 Å². The van der Waals surface area contributed by atoms with Gasteiger partial charge in [0.2, 0.25) is 6.79 Å². The predicted molar refractivity (Wildman–Crippen MR) is 130 cm³/mol. The number of hydrogen-bond acceptors (Lipinski definition) is 6. The normalized spacial score (nSPS) is 21.6. The lowest BCUT2D eigenvalue weighted by Gasteiger charge is -2.43. The molecule has 4 rings (SSSR count). The molecule has 0 radical (unpaired) electrons. The first kappa shape index (κ1) is 25.7. The molecule has 0 spiro atoms. The van der Waals surface area contributed by atoms with Crippen molar-refractivity contribution in [1.82, 2.24) is 4.67 Å². The third-order valence-electron chi connectivity index (χ3n) is 6.34.